The van der Waals surface area contributed by atoms with E-state index in [1.807, 2.05) is 4.90 Å². The molecule has 3 aliphatic rings. The van der Waals surface area contributed by atoms with Gasteiger partial charge in [-0.1, -0.05) is 6.42 Å². The van der Waals surface area contributed by atoms with Crippen molar-refractivity contribution in [2.45, 2.75) is 38.1 Å². The van der Waals surface area contributed by atoms with Crippen molar-refractivity contribution < 1.29 is 14.4 Å². The number of fused-ring (bicyclic) bond motifs is 1. The van der Waals surface area contributed by atoms with E-state index < -0.39 is 0 Å². The van der Waals surface area contributed by atoms with E-state index in [1.54, 1.807) is 18.2 Å². The predicted octanol–water partition coefficient (Wildman–Crippen LogP) is 2.00. The molecule has 3 aliphatic heterocycles. The van der Waals surface area contributed by atoms with E-state index in [0.29, 0.717) is 22.7 Å². The minimum absolute atomic E-state index is 0.0419. The molecule has 1 aromatic carbocycles. The van der Waals surface area contributed by atoms with Gasteiger partial charge in [0.05, 0.1) is 11.1 Å². The molecule has 0 radical (unpaired) electrons. The lowest BCUT2D eigenvalue weighted by atomic mass is 9.98. The number of amides is 3. The Hall–Kier alpha value is -2.21. The monoisotopic (exact) mass is 355 g/mol. The smallest absolute Gasteiger partial charge is 0.261 e. The highest BCUT2D eigenvalue weighted by atomic mass is 16.2. The van der Waals surface area contributed by atoms with Crippen LogP contribution < -0.4 is 0 Å². The zero-order valence-electron chi connectivity index (χ0n) is 15.2. The summed E-state index contributed by atoms with van der Waals surface area (Å²) in [6, 6.07) is 5.44. The molecule has 0 unspecified atom stereocenters. The molecule has 0 N–H and O–H groups in total. The van der Waals surface area contributed by atoms with Gasteiger partial charge in [-0.25, -0.2) is 0 Å². The first-order valence-electron chi connectivity index (χ1n) is 9.56. The Morgan fingerprint density at radius 3 is 2.27 bits per heavy atom. The quantitative estimate of drug-likeness (QED) is 0.762. The fraction of sp³-hybridized carbons (Fsp3) is 0.550. The second kappa shape index (κ2) is 6.83. The molecule has 2 saturated heterocycles. The van der Waals surface area contributed by atoms with Crippen LogP contribution in [0.1, 0.15) is 63.2 Å². The second-order valence-electron chi connectivity index (χ2n) is 7.55. The van der Waals surface area contributed by atoms with Crippen molar-refractivity contribution >= 4 is 17.7 Å². The zero-order chi connectivity index (χ0) is 18.3. The Morgan fingerprint density at radius 1 is 0.923 bits per heavy atom. The van der Waals surface area contributed by atoms with Crippen molar-refractivity contribution in [2.75, 3.05) is 33.2 Å². The van der Waals surface area contributed by atoms with Gasteiger partial charge in [-0.2, -0.15) is 0 Å². The van der Waals surface area contributed by atoms with Gasteiger partial charge < -0.3 is 9.80 Å². The van der Waals surface area contributed by atoms with Crippen molar-refractivity contribution in [3.8, 4) is 0 Å². The number of piperidine rings is 2. The molecule has 6 nitrogen and oxygen atoms in total. The van der Waals surface area contributed by atoms with Gasteiger partial charge in [-0.05, 0) is 57.0 Å². The van der Waals surface area contributed by atoms with Crippen LogP contribution in [0.5, 0.6) is 0 Å². The van der Waals surface area contributed by atoms with Crippen LogP contribution in [0.3, 0.4) is 0 Å². The lowest BCUT2D eigenvalue weighted by Crippen LogP contribution is -2.48. The highest BCUT2D eigenvalue weighted by Crippen LogP contribution is 2.25. The predicted molar refractivity (Wildman–Crippen MR) is 97.2 cm³/mol. The van der Waals surface area contributed by atoms with Crippen LogP contribution in [0.4, 0.5) is 0 Å². The molecule has 0 aliphatic carbocycles. The van der Waals surface area contributed by atoms with E-state index in [9.17, 15) is 14.4 Å². The maximum Gasteiger partial charge on any atom is 0.261 e. The highest BCUT2D eigenvalue weighted by molar-refractivity contribution is 6.21. The Labute approximate surface area is 153 Å². The van der Waals surface area contributed by atoms with Crippen molar-refractivity contribution in [2.24, 2.45) is 0 Å². The Bertz CT molecular complexity index is 747. The lowest BCUT2D eigenvalue weighted by molar-refractivity contribution is 0.0589. The standard InChI is InChI=1S/C20H25N3O3/c1-21-19(25)16-6-5-14(13-17(16)20(21)26)18(24)23-11-7-15(8-12-23)22-9-3-2-4-10-22/h5-6,13,15H,2-4,7-12H2,1H3. The van der Waals surface area contributed by atoms with E-state index in [4.69, 9.17) is 0 Å². The summed E-state index contributed by atoms with van der Waals surface area (Å²) in [4.78, 5) is 42.6. The van der Waals surface area contributed by atoms with Crippen LogP contribution in [-0.2, 0) is 0 Å². The molecule has 0 atom stereocenters. The number of likely N-dealkylation sites (tertiary alicyclic amines) is 2. The Morgan fingerprint density at radius 2 is 1.58 bits per heavy atom. The number of carbonyl (C=O) groups is 3. The molecule has 1 aromatic rings. The molecule has 0 spiro atoms. The number of carbonyl (C=O) groups excluding carboxylic acids is 3. The largest absolute Gasteiger partial charge is 0.339 e. The molecule has 4 rings (SSSR count). The third-order valence-electron chi connectivity index (χ3n) is 6.00. The van der Waals surface area contributed by atoms with Gasteiger partial charge in [-0.3, -0.25) is 19.3 Å². The van der Waals surface area contributed by atoms with Crippen LogP contribution in [0.25, 0.3) is 0 Å². The first kappa shape index (κ1) is 17.2. The van der Waals surface area contributed by atoms with Crippen LogP contribution in [-0.4, -0.2) is 71.7 Å². The summed E-state index contributed by atoms with van der Waals surface area (Å²) >= 11 is 0. The van der Waals surface area contributed by atoms with Crippen molar-refractivity contribution in [3.63, 3.8) is 0 Å². The van der Waals surface area contributed by atoms with Crippen molar-refractivity contribution in [3.05, 3.63) is 34.9 Å². The van der Waals surface area contributed by atoms with Gasteiger partial charge in [0.15, 0.2) is 0 Å². The van der Waals surface area contributed by atoms with Crippen molar-refractivity contribution in [1.82, 2.24) is 14.7 Å². The van der Waals surface area contributed by atoms with E-state index in [0.717, 1.165) is 30.8 Å². The number of hydrogen-bond acceptors (Lipinski definition) is 4. The lowest BCUT2D eigenvalue weighted by Gasteiger charge is -2.40. The average Bonchev–Trinajstić information content (AvgIpc) is 2.92. The Kier molecular flexibility index (Phi) is 4.53. The molecule has 0 aromatic heterocycles. The molecule has 2 fully saturated rings. The summed E-state index contributed by atoms with van der Waals surface area (Å²) < 4.78 is 0. The topological polar surface area (TPSA) is 60.9 Å². The summed E-state index contributed by atoms with van der Waals surface area (Å²) in [5.74, 6) is -0.672. The number of nitrogens with zero attached hydrogens (tertiary/aromatic N) is 3. The molecule has 0 saturated carbocycles. The molecule has 138 valence electrons. The molecule has 0 bridgehead atoms. The van der Waals surface area contributed by atoms with E-state index in [2.05, 4.69) is 4.90 Å². The zero-order valence-corrected chi connectivity index (χ0v) is 15.2. The van der Waals surface area contributed by atoms with Crippen molar-refractivity contribution in [1.29, 1.82) is 0 Å². The fourth-order valence-corrected chi connectivity index (χ4v) is 4.39. The number of hydrogen-bond donors (Lipinski definition) is 0. The fourth-order valence-electron chi connectivity index (χ4n) is 4.39. The van der Waals surface area contributed by atoms with E-state index in [-0.39, 0.29) is 17.7 Å². The molecule has 6 heteroatoms. The van der Waals surface area contributed by atoms with Gasteiger partial charge in [0.2, 0.25) is 0 Å². The number of rotatable bonds is 2. The first-order valence-corrected chi connectivity index (χ1v) is 9.56. The minimum Gasteiger partial charge on any atom is -0.339 e. The normalized spacial score (nSPS) is 22.0. The first-order chi connectivity index (χ1) is 12.6. The molecular weight excluding hydrogens is 330 g/mol. The average molecular weight is 355 g/mol. The number of benzene rings is 1. The summed E-state index contributed by atoms with van der Waals surface area (Å²) in [7, 11) is 1.47. The van der Waals surface area contributed by atoms with Gasteiger partial charge >= 0.3 is 0 Å². The minimum atomic E-state index is -0.330. The van der Waals surface area contributed by atoms with E-state index >= 15 is 0 Å². The molecule has 26 heavy (non-hydrogen) atoms. The summed E-state index contributed by atoms with van der Waals surface area (Å²) in [6.07, 6.45) is 5.93. The van der Waals surface area contributed by atoms with Crippen LogP contribution in [0, 0.1) is 0 Å². The molecule has 3 amide bonds. The maximum absolute atomic E-state index is 12.9. The third-order valence-corrected chi connectivity index (χ3v) is 6.00. The summed E-state index contributed by atoms with van der Waals surface area (Å²) in [6.45, 7) is 3.88. The van der Waals surface area contributed by atoms with Gasteiger partial charge in [0.1, 0.15) is 0 Å². The summed E-state index contributed by atoms with van der Waals surface area (Å²) in [5.41, 5.74) is 1.22. The molecular formula is C20H25N3O3. The van der Waals surface area contributed by atoms with Crippen LogP contribution in [0.15, 0.2) is 18.2 Å². The van der Waals surface area contributed by atoms with Gasteiger partial charge in [-0.15, -0.1) is 0 Å². The maximum atomic E-state index is 12.9. The van der Waals surface area contributed by atoms with Crippen LogP contribution >= 0.6 is 0 Å². The van der Waals surface area contributed by atoms with E-state index in [1.165, 1.54) is 39.4 Å². The number of imide groups is 1. The Balaban J connectivity index is 1.43. The summed E-state index contributed by atoms with van der Waals surface area (Å²) in [5, 5.41) is 0. The molecule has 3 heterocycles. The second-order valence-corrected chi connectivity index (χ2v) is 7.55. The van der Waals surface area contributed by atoms with Crippen LogP contribution in [0.2, 0.25) is 0 Å². The van der Waals surface area contributed by atoms with Gasteiger partial charge in [0.25, 0.3) is 17.7 Å². The SMILES string of the molecule is CN1C(=O)c2ccc(C(=O)N3CCC(N4CCCCC4)CC3)cc2C1=O. The van der Waals surface area contributed by atoms with Gasteiger partial charge in [0, 0.05) is 31.7 Å². The third kappa shape index (κ3) is 2.92. The highest BCUT2D eigenvalue weighted by Gasteiger charge is 2.34.